The van der Waals surface area contributed by atoms with Crippen molar-refractivity contribution in [2.24, 2.45) is 0 Å². The molecule has 148 valence electrons. The molecule has 2 aromatic carbocycles. The van der Waals surface area contributed by atoms with Gasteiger partial charge in [0.1, 0.15) is 0 Å². The van der Waals surface area contributed by atoms with Crippen LogP contribution in [0.15, 0.2) is 77.1 Å². The first-order valence-corrected chi connectivity index (χ1v) is 10.0. The van der Waals surface area contributed by atoms with Crippen molar-refractivity contribution in [2.45, 2.75) is 31.6 Å². The van der Waals surface area contributed by atoms with Crippen LogP contribution < -0.4 is 5.32 Å². The lowest BCUT2D eigenvalue weighted by Crippen LogP contribution is -2.36. The molecule has 0 spiro atoms. The van der Waals surface area contributed by atoms with Gasteiger partial charge in [-0.05, 0) is 36.5 Å². The van der Waals surface area contributed by atoms with Crippen molar-refractivity contribution < 1.29 is 14.3 Å². The number of ketones is 1. The number of hydrogen-bond acceptors (Lipinski definition) is 4. The zero-order valence-electron chi connectivity index (χ0n) is 16.4. The molecule has 4 nitrogen and oxygen atoms in total. The first kappa shape index (κ1) is 19.5. The summed E-state index contributed by atoms with van der Waals surface area (Å²) in [4.78, 5) is 26.0. The molecule has 29 heavy (non-hydrogen) atoms. The van der Waals surface area contributed by atoms with E-state index >= 15 is 0 Å². The summed E-state index contributed by atoms with van der Waals surface area (Å²) in [5.74, 6) is -0.846. The molecule has 1 aliphatic heterocycles. The molecule has 0 fully saturated rings. The van der Waals surface area contributed by atoms with Gasteiger partial charge in [-0.3, -0.25) is 4.79 Å². The molecule has 0 radical (unpaired) electrons. The van der Waals surface area contributed by atoms with Crippen LogP contribution in [0.25, 0.3) is 0 Å². The first-order valence-electron chi connectivity index (χ1n) is 9.63. The van der Waals surface area contributed by atoms with Crippen molar-refractivity contribution in [3.63, 3.8) is 0 Å². The highest BCUT2D eigenvalue weighted by atomic mass is 35.5. The number of esters is 1. The molecule has 0 aromatic heterocycles. The Bertz CT molecular complexity index is 1040. The summed E-state index contributed by atoms with van der Waals surface area (Å²) in [7, 11) is 1.35. The molecule has 2 aromatic rings. The summed E-state index contributed by atoms with van der Waals surface area (Å²) in [6.45, 7) is 1.84. The third-order valence-corrected chi connectivity index (χ3v) is 6.06. The molecule has 1 aliphatic carbocycles. The van der Waals surface area contributed by atoms with Crippen LogP contribution in [0.4, 0.5) is 0 Å². The Hall–Kier alpha value is -2.85. The van der Waals surface area contributed by atoms with E-state index in [9.17, 15) is 9.59 Å². The molecule has 0 unspecified atom stereocenters. The SMILES string of the molecule is COC(=O)C1=C(C)NC2=C(C(=O)C[C@H](c3ccccc3)C2)[C@H]1c1ccccc1Cl. The Kier molecular flexibility index (Phi) is 5.29. The molecular weight excluding hydrogens is 386 g/mol. The zero-order valence-corrected chi connectivity index (χ0v) is 17.1. The van der Waals surface area contributed by atoms with Crippen LogP contribution in [0.5, 0.6) is 0 Å². The van der Waals surface area contributed by atoms with Gasteiger partial charge in [-0.1, -0.05) is 60.1 Å². The molecule has 0 saturated heterocycles. The lowest BCUT2D eigenvalue weighted by Gasteiger charge is -2.36. The average Bonchev–Trinajstić information content (AvgIpc) is 2.73. The van der Waals surface area contributed by atoms with Crippen molar-refractivity contribution in [3.8, 4) is 0 Å². The van der Waals surface area contributed by atoms with E-state index < -0.39 is 11.9 Å². The highest BCUT2D eigenvalue weighted by molar-refractivity contribution is 6.31. The standard InChI is InChI=1S/C24H22ClNO3/c1-14-21(24(28)29-2)22(17-10-6-7-11-18(17)25)23-19(26-14)12-16(13-20(23)27)15-8-4-3-5-9-15/h3-11,16,22,26H,12-13H2,1-2H3/t16-,22+/m1/s1. The van der Waals surface area contributed by atoms with Gasteiger partial charge in [-0.25, -0.2) is 4.79 Å². The molecule has 0 saturated carbocycles. The van der Waals surface area contributed by atoms with Crippen LogP contribution in [-0.2, 0) is 14.3 Å². The Labute approximate surface area is 175 Å². The van der Waals surface area contributed by atoms with Gasteiger partial charge in [0.2, 0.25) is 0 Å². The minimum atomic E-state index is -0.531. The van der Waals surface area contributed by atoms with Crippen LogP contribution in [0.3, 0.4) is 0 Å². The van der Waals surface area contributed by atoms with E-state index in [-0.39, 0.29) is 11.7 Å². The number of benzene rings is 2. The second kappa shape index (κ2) is 7.88. The quantitative estimate of drug-likeness (QED) is 0.737. The van der Waals surface area contributed by atoms with Gasteiger partial charge >= 0.3 is 5.97 Å². The molecule has 0 amide bonds. The summed E-state index contributed by atoms with van der Waals surface area (Å²) in [5.41, 5.74) is 4.51. The summed E-state index contributed by atoms with van der Waals surface area (Å²) >= 11 is 6.49. The van der Waals surface area contributed by atoms with Crippen molar-refractivity contribution in [1.29, 1.82) is 0 Å². The van der Waals surface area contributed by atoms with E-state index in [1.54, 1.807) is 6.07 Å². The summed E-state index contributed by atoms with van der Waals surface area (Å²) < 4.78 is 5.04. The third kappa shape index (κ3) is 3.49. The van der Waals surface area contributed by atoms with Gasteiger partial charge in [0.25, 0.3) is 0 Å². The third-order valence-electron chi connectivity index (χ3n) is 5.72. The zero-order chi connectivity index (χ0) is 20.5. The maximum absolute atomic E-state index is 13.4. The number of allylic oxidation sites excluding steroid dienone is 3. The van der Waals surface area contributed by atoms with E-state index in [1.165, 1.54) is 7.11 Å². The Morgan fingerprint density at radius 2 is 1.76 bits per heavy atom. The fourth-order valence-corrected chi connectivity index (χ4v) is 4.65. The monoisotopic (exact) mass is 407 g/mol. The fraction of sp³-hybridized carbons (Fsp3) is 0.250. The van der Waals surface area contributed by atoms with Crippen molar-refractivity contribution in [1.82, 2.24) is 5.32 Å². The van der Waals surface area contributed by atoms with Gasteiger partial charge in [0.05, 0.1) is 12.7 Å². The number of rotatable bonds is 3. The maximum atomic E-state index is 13.4. The van der Waals surface area contributed by atoms with Crippen LogP contribution >= 0.6 is 11.6 Å². The second-order valence-corrected chi connectivity index (χ2v) is 7.85. The Morgan fingerprint density at radius 3 is 2.45 bits per heavy atom. The van der Waals surface area contributed by atoms with Gasteiger partial charge < -0.3 is 10.1 Å². The lowest BCUT2D eigenvalue weighted by atomic mass is 9.71. The van der Waals surface area contributed by atoms with E-state index in [4.69, 9.17) is 16.3 Å². The first-order chi connectivity index (χ1) is 14.0. The minimum Gasteiger partial charge on any atom is -0.466 e. The van der Waals surface area contributed by atoms with E-state index in [0.29, 0.717) is 34.7 Å². The summed E-state index contributed by atoms with van der Waals surface area (Å²) in [5, 5.41) is 3.85. The van der Waals surface area contributed by atoms with Crippen LogP contribution in [-0.4, -0.2) is 18.9 Å². The number of dihydropyridines is 1. The number of hydrogen-bond donors (Lipinski definition) is 1. The molecule has 2 atom stereocenters. The number of nitrogens with one attached hydrogen (secondary N) is 1. The van der Waals surface area contributed by atoms with Gasteiger partial charge in [0.15, 0.2) is 5.78 Å². The number of Topliss-reactive ketones (excluding diaryl/α,β-unsaturated/α-hetero) is 1. The summed E-state index contributed by atoms with van der Waals surface area (Å²) in [6, 6.07) is 17.4. The molecule has 1 N–H and O–H groups in total. The lowest BCUT2D eigenvalue weighted by molar-refractivity contribution is -0.136. The molecule has 4 rings (SSSR count). The minimum absolute atomic E-state index is 0.0337. The largest absolute Gasteiger partial charge is 0.466 e. The second-order valence-electron chi connectivity index (χ2n) is 7.44. The van der Waals surface area contributed by atoms with Crippen LogP contribution in [0.1, 0.15) is 42.7 Å². The number of halogens is 1. The van der Waals surface area contributed by atoms with Crippen LogP contribution in [0, 0.1) is 0 Å². The van der Waals surface area contributed by atoms with E-state index in [1.807, 2.05) is 43.3 Å². The van der Waals surface area contributed by atoms with E-state index in [2.05, 4.69) is 17.4 Å². The van der Waals surface area contributed by atoms with Crippen molar-refractivity contribution >= 4 is 23.4 Å². The van der Waals surface area contributed by atoms with Crippen molar-refractivity contribution in [2.75, 3.05) is 7.11 Å². The van der Waals surface area contributed by atoms with Gasteiger partial charge in [-0.15, -0.1) is 0 Å². The Morgan fingerprint density at radius 1 is 1.07 bits per heavy atom. The average molecular weight is 408 g/mol. The van der Waals surface area contributed by atoms with Crippen LogP contribution in [0.2, 0.25) is 5.02 Å². The molecule has 5 heteroatoms. The number of ether oxygens (including phenoxy) is 1. The normalized spacial score (nSPS) is 21.6. The smallest absolute Gasteiger partial charge is 0.336 e. The number of carbonyl (C=O) groups excluding carboxylic acids is 2. The topological polar surface area (TPSA) is 55.4 Å². The number of methoxy groups -OCH3 is 1. The molecule has 2 aliphatic rings. The summed E-state index contributed by atoms with van der Waals surface area (Å²) in [6.07, 6.45) is 1.11. The highest BCUT2D eigenvalue weighted by Gasteiger charge is 2.41. The van der Waals surface area contributed by atoms with Crippen molar-refractivity contribution in [3.05, 3.63) is 93.3 Å². The molecule has 1 heterocycles. The van der Waals surface area contributed by atoms with Gasteiger partial charge in [0, 0.05) is 34.3 Å². The predicted molar refractivity (Wildman–Crippen MR) is 112 cm³/mol. The number of carbonyl (C=O) groups is 2. The van der Waals surface area contributed by atoms with Gasteiger partial charge in [-0.2, -0.15) is 0 Å². The predicted octanol–water partition coefficient (Wildman–Crippen LogP) is 4.87. The highest BCUT2D eigenvalue weighted by Crippen LogP contribution is 2.46. The fourth-order valence-electron chi connectivity index (χ4n) is 4.40. The Balaban J connectivity index is 1.84. The molecular formula is C24H22ClNO3. The maximum Gasteiger partial charge on any atom is 0.336 e. The van der Waals surface area contributed by atoms with E-state index in [0.717, 1.165) is 16.8 Å². The molecule has 0 bridgehead atoms.